The van der Waals surface area contributed by atoms with Crippen molar-refractivity contribution in [2.24, 2.45) is 5.92 Å². The van der Waals surface area contributed by atoms with Gasteiger partial charge in [0.2, 0.25) is 11.8 Å². The van der Waals surface area contributed by atoms with Gasteiger partial charge in [0.15, 0.2) is 0 Å². The van der Waals surface area contributed by atoms with E-state index in [0.29, 0.717) is 32.4 Å². The normalized spacial score (nSPS) is 19.0. The molecule has 148 valence electrons. The van der Waals surface area contributed by atoms with Crippen molar-refractivity contribution >= 4 is 11.8 Å². The van der Waals surface area contributed by atoms with E-state index in [1.807, 2.05) is 0 Å². The molecule has 0 atom stereocenters. The van der Waals surface area contributed by atoms with Gasteiger partial charge in [-0.05, 0) is 49.0 Å². The zero-order chi connectivity index (χ0) is 20.0. The average Bonchev–Trinajstić information content (AvgIpc) is 2.57. The van der Waals surface area contributed by atoms with E-state index in [1.165, 1.54) is 18.2 Å². The van der Waals surface area contributed by atoms with Crippen molar-refractivity contribution in [3.63, 3.8) is 0 Å². The summed E-state index contributed by atoms with van der Waals surface area (Å²) in [6, 6.07) is 5.81. The number of nitrogens with zero attached hydrogens (tertiary/aromatic N) is 1. The molecule has 0 aromatic heterocycles. The molecule has 0 bridgehead atoms. The number of benzene rings is 1. The number of hydrogen-bond donors (Lipinski definition) is 1. The molecule has 0 saturated heterocycles. The van der Waals surface area contributed by atoms with Crippen LogP contribution in [0.2, 0.25) is 0 Å². The van der Waals surface area contributed by atoms with Gasteiger partial charge in [-0.15, -0.1) is 13.2 Å². The second kappa shape index (κ2) is 8.92. The van der Waals surface area contributed by atoms with Crippen molar-refractivity contribution in [2.75, 3.05) is 20.1 Å². The van der Waals surface area contributed by atoms with Gasteiger partial charge >= 0.3 is 6.36 Å². The Morgan fingerprint density at radius 2 is 1.93 bits per heavy atom. The lowest BCUT2D eigenvalue weighted by Crippen LogP contribution is -2.40. The zero-order valence-corrected chi connectivity index (χ0v) is 15.1. The first-order valence-corrected chi connectivity index (χ1v) is 8.70. The lowest BCUT2D eigenvalue weighted by molar-refractivity contribution is -0.274. The monoisotopic (exact) mass is 384 g/mol. The van der Waals surface area contributed by atoms with E-state index in [-0.39, 0.29) is 29.4 Å². The Hall–Kier alpha value is -2.51. The van der Waals surface area contributed by atoms with Gasteiger partial charge in [0.05, 0.1) is 0 Å². The highest BCUT2D eigenvalue weighted by atomic mass is 19.4. The Morgan fingerprint density at radius 3 is 2.48 bits per heavy atom. The van der Waals surface area contributed by atoms with Crippen LogP contribution < -0.4 is 10.1 Å². The van der Waals surface area contributed by atoms with E-state index >= 15 is 0 Å². The third kappa shape index (κ3) is 6.30. The smallest absolute Gasteiger partial charge is 0.406 e. The highest BCUT2D eigenvalue weighted by Crippen LogP contribution is 2.42. The Morgan fingerprint density at radius 1 is 1.30 bits per heavy atom. The number of alkyl halides is 3. The van der Waals surface area contributed by atoms with Crippen LogP contribution in [-0.2, 0) is 9.59 Å². The molecule has 1 fully saturated rings. The molecule has 1 N–H and O–H groups in total. The van der Waals surface area contributed by atoms with Gasteiger partial charge in [-0.2, -0.15) is 0 Å². The predicted molar refractivity (Wildman–Crippen MR) is 94.1 cm³/mol. The molecule has 0 heterocycles. The number of halogens is 3. The van der Waals surface area contributed by atoms with Crippen LogP contribution in [0.3, 0.4) is 0 Å². The number of rotatable bonds is 8. The fourth-order valence-electron chi connectivity index (χ4n) is 3.06. The Bertz CT molecular complexity index is 668. The van der Waals surface area contributed by atoms with Crippen molar-refractivity contribution < 1.29 is 27.5 Å². The summed E-state index contributed by atoms with van der Waals surface area (Å²) in [5.74, 6) is -0.342. The molecule has 1 aromatic rings. The number of nitrogens with one attached hydrogen (secondary N) is 1. The van der Waals surface area contributed by atoms with E-state index in [4.69, 9.17) is 0 Å². The molecule has 5 nitrogen and oxygen atoms in total. The molecule has 1 saturated carbocycles. The number of ether oxygens (including phenoxy) is 1. The standard InChI is InChI=1S/C19H23F3N2O3/c1-3-17(25)23-9-4-10-24(2)18(26)15-11-14(12-15)13-5-7-16(8-6-13)27-19(20,21)22/h3,5-8,14-15H,1,4,9-12H2,2H3,(H,23,25). The van der Waals surface area contributed by atoms with Crippen LogP contribution in [0, 0.1) is 5.92 Å². The van der Waals surface area contributed by atoms with Crippen molar-refractivity contribution in [1.82, 2.24) is 10.2 Å². The highest BCUT2D eigenvalue weighted by molar-refractivity contribution is 5.86. The fourth-order valence-corrected chi connectivity index (χ4v) is 3.06. The molecule has 8 heteroatoms. The van der Waals surface area contributed by atoms with Crippen LogP contribution in [0.1, 0.15) is 30.7 Å². The molecule has 0 radical (unpaired) electrons. The summed E-state index contributed by atoms with van der Waals surface area (Å²) in [5, 5.41) is 2.66. The molecule has 0 aliphatic heterocycles. The van der Waals surface area contributed by atoms with Gasteiger partial charge in [-0.25, -0.2) is 0 Å². The van der Waals surface area contributed by atoms with E-state index < -0.39 is 6.36 Å². The molecule has 1 aliphatic rings. The lowest BCUT2D eigenvalue weighted by atomic mass is 9.71. The second-order valence-electron chi connectivity index (χ2n) is 6.59. The lowest BCUT2D eigenvalue weighted by Gasteiger charge is -2.37. The predicted octanol–water partition coefficient (Wildman–Crippen LogP) is 3.23. The van der Waals surface area contributed by atoms with Gasteiger partial charge in [-0.1, -0.05) is 18.7 Å². The SMILES string of the molecule is C=CC(=O)NCCCN(C)C(=O)C1CC(c2ccc(OC(F)(F)F)cc2)C1. The maximum atomic E-state index is 12.4. The number of amides is 2. The van der Waals surface area contributed by atoms with Crippen molar-refractivity contribution in [2.45, 2.75) is 31.5 Å². The van der Waals surface area contributed by atoms with Gasteiger partial charge < -0.3 is 15.0 Å². The topological polar surface area (TPSA) is 58.6 Å². The molecule has 2 amide bonds. The van der Waals surface area contributed by atoms with E-state index in [9.17, 15) is 22.8 Å². The van der Waals surface area contributed by atoms with Crippen molar-refractivity contribution in [3.8, 4) is 5.75 Å². The first-order valence-electron chi connectivity index (χ1n) is 8.70. The molecule has 1 aliphatic carbocycles. The minimum Gasteiger partial charge on any atom is -0.406 e. The largest absolute Gasteiger partial charge is 0.573 e. The Balaban J connectivity index is 1.73. The molecule has 0 unspecified atom stereocenters. The third-order valence-corrected chi connectivity index (χ3v) is 4.60. The van der Waals surface area contributed by atoms with Gasteiger partial charge in [0.25, 0.3) is 0 Å². The second-order valence-corrected chi connectivity index (χ2v) is 6.59. The molecule has 2 rings (SSSR count). The Labute approximate surface area is 156 Å². The van der Waals surface area contributed by atoms with Crippen molar-refractivity contribution in [3.05, 3.63) is 42.5 Å². The molecule has 1 aromatic carbocycles. The molecule has 27 heavy (non-hydrogen) atoms. The van der Waals surface area contributed by atoms with Crippen LogP contribution >= 0.6 is 0 Å². The number of hydrogen-bond acceptors (Lipinski definition) is 3. The number of carbonyl (C=O) groups is 2. The van der Waals surface area contributed by atoms with Gasteiger partial charge in [0.1, 0.15) is 5.75 Å². The van der Waals surface area contributed by atoms with Crippen LogP contribution in [0.25, 0.3) is 0 Å². The fraction of sp³-hybridized carbons (Fsp3) is 0.474. The van der Waals surface area contributed by atoms with Crippen LogP contribution in [-0.4, -0.2) is 43.2 Å². The maximum absolute atomic E-state index is 12.4. The Kier molecular flexibility index (Phi) is 6.87. The average molecular weight is 384 g/mol. The molecule has 0 spiro atoms. The van der Waals surface area contributed by atoms with Gasteiger partial charge in [-0.3, -0.25) is 9.59 Å². The zero-order valence-electron chi connectivity index (χ0n) is 15.1. The number of carbonyl (C=O) groups excluding carboxylic acids is 2. The summed E-state index contributed by atoms with van der Waals surface area (Å²) in [5.41, 5.74) is 0.906. The van der Waals surface area contributed by atoms with E-state index in [1.54, 1.807) is 24.1 Å². The molecular weight excluding hydrogens is 361 g/mol. The maximum Gasteiger partial charge on any atom is 0.573 e. The highest BCUT2D eigenvalue weighted by Gasteiger charge is 2.37. The van der Waals surface area contributed by atoms with Crippen LogP contribution in [0.5, 0.6) is 5.75 Å². The third-order valence-electron chi connectivity index (χ3n) is 4.60. The van der Waals surface area contributed by atoms with Gasteiger partial charge in [0, 0.05) is 26.1 Å². The summed E-state index contributed by atoms with van der Waals surface area (Å²) >= 11 is 0. The minimum absolute atomic E-state index is 0.0540. The van der Waals surface area contributed by atoms with Crippen LogP contribution in [0.4, 0.5) is 13.2 Å². The minimum atomic E-state index is -4.70. The summed E-state index contributed by atoms with van der Waals surface area (Å²) < 4.78 is 40.4. The van der Waals surface area contributed by atoms with Crippen molar-refractivity contribution in [1.29, 1.82) is 0 Å². The summed E-state index contributed by atoms with van der Waals surface area (Å²) in [6.45, 7) is 4.38. The van der Waals surface area contributed by atoms with E-state index in [0.717, 1.165) is 5.56 Å². The first kappa shape index (κ1) is 20.8. The quantitative estimate of drug-likeness (QED) is 0.553. The summed E-state index contributed by atoms with van der Waals surface area (Å²) in [4.78, 5) is 25.1. The molecular formula is C19H23F3N2O3. The van der Waals surface area contributed by atoms with Crippen LogP contribution in [0.15, 0.2) is 36.9 Å². The summed E-state index contributed by atoms with van der Waals surface area (Å²) in [6.07, 6.45) is -1.50. The van der Waals surface area contributed by atoms with E-state index in [2.05, 4.69) is 16.6 Å². The first-order chi connectivity index (χ1) is 12.7. The summed E-state index contributed by atoms with van der Waals surface area (Å²) in [7, 11) is 1.73.